The summed E-state index contributed by atoms with van der Waals surface area (Å²) in [6.45, 7) is 6.20. The van der Waals surface area contributed by atoms with Crippen LogP contribution < -0.4 is 15.4 Å². The van der Waals surface area contributed by atoms with Crippen LogP contribution in [0.25, 0.3) is 0 Å². The van der Waals surface area contributed by atoms with Crippen molar-refractivity contribution < 1.29 is 9.53 Å². The van der Waals surface area contributed by atoms with Crippen molar-refractivity contribution in [2.75, 3.05) is 19.7 Å². The van der Waals surface area contributed by atoms with Crippen LogP contribution in [0.4, 0.5) is 0 Å². The lowest BCUT2D eigenvalue weighted by atomic mass is 9.92. The van der Waals surface area contributed by atoms with Gasteiger partial charge >= 0.3 is 0 Å². The van der Waals surface area contributed by atoms with Gasteiger partial charge in [-0.2, -0.15) is 0 Å². The minimum Gasteiger partial charge on any atom is -0.493 e. The maximum Gasteiger partial charge on any atom is 0.221 e. The number of benzene rings is 1. The fraction of sp³-hybridized carbons (Fsp3) is 0.533. The summed E-state index contributed by atoms with van der Waals surface area (Å²) in [7, 11) is 0. The average Bonchev–Trinajstić information content (AvgIpc) is 2.41. The molecule has 0 saturated heterocycles. The number of hydrogen-bond donors (Lipinski definition) is 2. The molecule has 4 nitrogen and oxygen atoms in total. The van der Waals surface area contributed by atoms with E-state index in [0.717, 1.165) is 12.4 Å². The maximum atomic E-state index is 11.4. The second-order valence-electron chi connectivity index (χ2n) is 4.96. The highest BCUT2D eigenvalue weighted by atomic mass is 16.5. The van der Waals surface area contributed by atoms with Gasteiger partial charge in [0.1, 0.15) is 5.75 Å². The summed E-state index contributed by atoms with van der Waals surface area (Å²) in [5.74, 6) is 1.46. The predicted molar refractivity (Wildman–Crippen MR) is 75.1 cm³/mol. The van der Waals surface area contributed by atoms with Gasteiger partial charge < -0.3 is 15.4 Å². The molecule has 0 bridgehead atoms. The van der Waals surface area contributed by atoms with E-state index in [1.54, 1.807) is 0 Å². The van der Waals surface area contributed by atoms with Crippen LogP contribution in [0.2, 0.25) is 0 Å². The van der Waals surface area contributed by atoms with Gasteiger partial charge in [-0.15, -0.1) is 0 Å². The van der Waals surface area contributed by atoms with Crippen molar-refractivity contribution in [2.45, 2.75) is 26.3 Å². The largest absolute Gasteiger partial charge is 0.493 e. The molecule has 2 N–H and O–H groups in total. The Balaban J connectivity index is 1.94. The van der Waals surface area contributed by atoms with Crippen LogP contribution in [0.3, 0.4) is 0 Å². The number of ether oxygens (including phenoxy) is 1. The van der Waals surface area contributed by atoms with E-state index < -0.39 is 0 Å². The lowest BCUT2D eigenvalue weighted by Gasteiger charge is -2.32. The zero-order chi connectivity index (χ0) is 13.7. The molecular weight excluding hydrogens is 240 g/mol. The topological polar surface area (TPSA) is 50.4 Å². The van der Waals surface area contributed by atoms with Crippen LogP contribution >= 0.6 is 0 Å². The van der Waals surface area contributed by atoms with Crippen molar-refractivity contribution in [3.63, 3.8) is 0 Å². The number of carbonyl (C=O) groups excluding carboxylic acids is 1. The van der Waals surface area contributed by atoms with Gasteiger partial charge in [-0.25, -0.2) is 0 Å². The van der Waals surface area contributed by atoms with E-state index in [1.165, 1.54) is 5.56 Å². The quantitative estimate of drug-likeness (QED) is 0.851. The standard InChI is InChI=1S/C15H22N2O2/c1-3-16-14(18)8-9-17-15-11(2)10-19-13-7-5-4-6-12(13)15/h4-7,11,15,17H,3,8-10H2,1-2H3,(H,16,18). The summed E-state index contributed by atoms with van der Waals surface area (Å²) in [5, 5.41) is 6.29. The van der Waals surface area contributed by atoms with Crippen molar-refractivity contribution in [3.8, 4) is 5.75 Å². The van der Waals surface area contributed by atoms with Crippen molar-refractivity contribution in [2.24, 2.45) is 5.92 Å². The second-order valence-corrected chi connectivity index (χ2v) is 4.96. The van der Waals surface area contributed by atoms with Crippen LogP contribution in [-0.2, 0) is 4.79 Å². The Bertz CT molecular complexity index is 434. The van der Waals surface area contributed by atoms with Gasteiger partial charge in [-0.3, -0.25) is 4.79 Å². The van der Waals surface area contributed by atoms with E-state index in [-0.39, 0.29) is 11.9 Å². The molecule has 0 aromatic heterocycles. The molecule has 1 aliphatic rings. The first-order chi connectivity index (χ1) is 9.22. The van der Waals surface area contributed by atoms with Gasteiger partial charge in [0.05, 0.1) is 6.61 Å². The van der Waals surface area contributed by atoms with Crippen molar-refractivity contribution in [3.05, 3.63) is 29.8 Å². The van der Waals surface area contributed by atoms with Gasteiger partial charge in [0.25, 0.3) is 0 Å². The molecule has 1 heterocycles. The highest BCUT2D eigenvalue weighted by Crippen LogP contribution is 2.34. The van der Waals surface area contributed by atoms with E-state index in [4.69, 9.17) is 4.74 Å². The number of amides is 1. The number of carbonyl (C=O) groups is 1. The Morgan fingerprint density at radius 2 is 2.21 bits per heavy atom. The van der Waals surface area contributed by atoms with Crippen LogP contribution in [0.15, 0.2) is 24.3 Å². The molecule has 1 amide bonds. The summed E-state index contributed by atoms with van der Waals surface area (Å²) in [4.78, 5) is 11.4. The molecule has 1 aromatic rings. The zero-order valence-corrected chi connectivity index (χ0v) is 11.6. The van der Waals surface area contributed by atoms with E-state index in [1.807, 2.05) is 25.1 Å². The lowest BCUT2D eigenvalue weighted by Crippen LogP contribution is -2.36. The molecule has 104 valence electrons. The van der Waals surface area contributed by atoms with Crippen molar-refractivity contribution in [1.29, 1.82) is 0 Å². The smallest absolute Gasteiger partial charge is 0.221 e. The molecule has 2 atom stereocenters. The number of para-hydroxylation sites is 1. The third-order valence-electron chi connectivity index (χ3n) is 3.42. The fourth-order valence-electron chi connectivity index (χ4n) is 2.43. The van der Waals surface area contributed by atoms with Crippen LogP contribution in [-0.4, -0.2) is 25.6 Å². The predicted octanol–water partition coefficient (Wildman–Crippen LogP) is 1.87. The Morgan fingerprint density at radius 3 is 3.00 bits per heavy atom. The number of rotatable bonds is 5. The minimum absolute atomic E-state index is 0.1000. The number of hydrogen-bond acceptors (Lipinski definition) is 3. The summed E-state index contributed by atoms with van der Waals surface area (Å²) in [5.41, 5.74) is 1.19. The van der Waals surface area contributed by atoms with Gasteiger partial charge in [0.15, 0.2) is 0 Å². The highest BCUT2D eigenvalue weighted by Gasteiger charge is 2.26. The first kappa shape index (κ1) is 13.9. The first-order valence-electron chi connectivity index (χ1n) is 6.94. The molecule has 0 radical (unpaired) electrons. The molecular formula is C15H22N2O2. The van der Waals surface area contributed by atoms with Crippen LogP contribution in [0.1, 0.15) is 31.9 Å². The van der Waals surface area contributed by atoms with E-state index >= 15 is 0 Å². The summed E-state index contributed by atoms with van der Waals surface area (Å²) in [6, 6.07) is 8.37. The highest BCUT2D eigenvalue weighted by molar-refractivity contribution is 5.75. The van der Waals surface area contributed by atoms with Gasteiger partial charge in [-0.1, -0.05) is 25.1 Å². The second kappa shape index (κ2) is 6.57. The van der Waals surface area contributed by atoms with Gasteiger partial charge in [0.2, 0.25) is 5.91 Å². The minimum atomic E-state index is 0.1000. The Morgan fingerprint density at radius 1 is 1.42 bits per heavy atom. The van der Waals surface area contributed by atoms with Gasteiger partial charge in [-0.05, 0) is 13.0 Å². The molecule has 0 spiro atoms. The monoisotopic (exact) mass is 262 g/mol. The molecule has 1 aliphatic heterocycles. The molecule has 0 fully saturated rings. The zero-order valence-electron chi connectivity index (χ0n) is 11.6. The Labute approximate surface area is 114 Å². The third kappa shape index (κ3) is 3.47. The van der Waals surface area contributed by atoms with Gasteiger partial charge in [0, 0.05) is 37.0 Å². The summed E-state index contributed by atoms with van der Waals surface area (Å²) in [6.07, 6.45) is 0.514. The summed E-state index contributed by atoms with van der Waals surface area (Å²) < 4.78 is 5.71. The first-order valence-corrected chi connectivity index (χ1v) is 6.94. The fourth-order valence-corrected chi connectivity index (χ4v) is 2.43. The average molecular weight is 262 g/mol. The Hall–Kier alpha value is -1.55. The molecule has 19 heavy (non-hydrogen) atoms. The SMILES string of the molecule is CCNC(=O)CCNC1c2ccccc2OCC1C. The molecule has 2 rings (SSSR count). The molecule has 4 heteroatoms. The molecule has 0 aliphatic carbocycles. The molecule has 0 saturated carbocycles. The molecule has 2 unspecified atom stereocenters. The number of fused-ring (bicyclic) bond motifs is 1. The van der Waals surface area contributed by atoms with E-state index in [2.05, 4.69) is 23.6 Å². The van der Waals surface area contributed by atoms with Crippen molar-refractivity contribution >= 4 is 5.91 Å². The summed E-state index contributed by atoms with van der Waals surface area (Å²) >= 11 is 0. The lowest BCUT2D eigenvalue weighted by molar-refractivity contribution is -0.120. The van der Waals surface area contributed by atoms with Crippen LogP contribution in [0.5, 0.6) is 5.75 Å². The van der Waals surface area contributed by atoms with E-state index in [0.29, 0.717) is 25.4 Å². The normalized spacial score (nSPS) is 21.4. The third-order valence-corrected chi connectivity index (χ3v) is 3.42. The van der Waals surface area contributed by atoms with Crippen LogP contribution in [0, 0.1) is 5.92 Å². The molecule has 1 aromatic carbocycles. The maximum absolute atomic E-state index is 11.4. The van der Waals surface area contributed by atoms with Crippen molar-refractivity contribution in [1.82, 2.24) is 10.6 Å². The van der Waals surface area contributed by atoms with E-state index in [9.17, 15) is 4.79 Å². The Kier molecular flexibility index (Phi) is 4.80. The number of nitrogens with one attached hydrogen (secondary N) is 2.